The Balaban J connectivity index is 1.72. The minimum atomic E-state index is 0.285. The molecule has 2 aliphatic rings. The summed E-state index contributed by atoms with van der Waals surface area (Å²) in [5, 5.41) is 7.60. The van der Waals surface area contributed by atoms with Gasteiger partial charge >= 0.3 is 0 Å². The van der Waals surface area contributed by atoms with E-state index in [2.05, 4.69) is 15.4 Å². The molecule has 1 aromatic heterocycles. The van der Waals surface area contributed by atoms with Crippen LogP contribution in [0.4, 0.5) is 0 Å². The number of nitrogens with one attached hydrogen (secondary N) is 1. The molecule has 0 aromatic carbocycles. The molecule has 1 atom stereocenters. The molecule has 20 heavy (non-hydrogen) atoms. The summed E-state index contributed by atoms with van der Waals surface area (Å²) in [5.41, 5.74) is 2.54. The predicted molar refractivity (Wildman–Crippen MR) is 76.6 cm³/mol. The van der Waals surface area contributed by atoms with E-state index in [1.165, 1.54) is 18.4 Å². The van der Waals surface area contributed by atoms with Gasteiger partial charge in [-0.05, 0) is 33.2 Å². The molecule has 1 unspecified atom stereocenters. The normalized spacial score (nSPS) is 28.7. The van der Waals surface area contributed by atoms with E-state index in [9.17, 15) is 0 Å². The fraction of sp³-hybridized carbons (Fsp3) is 0.800. The third-order valence-electron chi connectivity index (χ3n) is 4.64. The molecule has 0 saturated carbocycles. The maximum absolute atomic E-state index is 5.88. The standard InChI is InChI=1S/C15H25N3O2/c1-12-14(13(2)20-17-12)8-18-6-7-19-11-15(10-18)4-3-5-16-9-15/h16H,3-11H2,1-2H3. The summed E-state index contributed by atoms with van der Waals surface area (Å²) in [5.74, 6) is 0.948. The minimum Gasteiger partial charge on any atom is -0.379 e. The third-order valence-corrected chi connectivity index (χ3v) is 4.64. The molecule has 1 N–H and O–H groups in total. The number of rotatable bonds is 2. The molecule has 0 aliphatic carbocycles. The molecule has 2 saturated heterocycles. The van der Waals surface area contributed by atoms with E-state index in [-0.39, 0.29) is 5.41 Å². The van der Waals surface area contributed by atoms with Gasteiger partial charge in [-0.25, -0.2) is 0 Å². The highest BCUT2D eigenvalue weighted by Crippen LogP contribution is 2.30. The second-order valence-electron chi connectivity index (χ2n) is 6.35. The first-order chi connectivity index (χ1) is 9.69. The first-order valence-corrected chi connectivity index (χ1v) is 7.61. The van der Waals surface area contributed by atoms with Crippen molar-refractivity contribution in [1.29, 1.82) is 0 Å². The van der Waals surface area contributed by atoms with Gasteiger partial charge in [-0.3, -0.25) is 4.90 Å². The highest BCUT2D eigenvalue weighted by Gasteiger charge is 2.36. The van der Waals surface area contributed by atoms with Gasteiger partial charge in [-0.2, -0.15) is 0 Å². The lowest BCUT2D eigenvalue weighted by atomic mass is 9.81. The first-order valence-electron chi connectivity index (χ1n) is 7.61. The summed E-state index contributed by atoms with van der Waals surface area (Å²) in [6, 6.07) is 0. The highest BCUT2D eigenvalue weighted by atomic mass is 16.5. The molecular formula is C15H25N3O2. The van der Waals surface area contributed by atoms with Crippen LogP contribution in [0.5, 0.6) is 0 Å². The van der Waals surface area contributed by atoms with Crippen LogP contribution >= 0.6 is 0 Å². The molecule has 0 amide bonds. The van der Waals surface area contributed by atoms with Crippen molar-refractivity contribution in [3.8, 4) is 0 Å². The van der Waals surface area contributed by atoms with Crippen molar-refractivity contribution in [3.05, 3.63) is 17.0 Å². The Kier molecular flexibility index (Phi) is 4.10. The fourth-order valence-electron chi connectivity index (χ4n) is 3.46. The maximum atomic E-state index is 5.88. The summed E-state index contributed by atoms with van der Waals surface area (Å²) < 4.78 is 11.2. The summed E-state index contributed by atoms with van der Waals surface area (Å²) in [6.07, 6.45) is 2.51. The Labute approximate surface area is 120 Å². The summed E-state index contributed by atoms with van der Waals surface area (Å²) >= 11 is 0. The van der Waals surface area contributed by atoms with Crippen LogP contribution < -0.4 is 5.32 Å². The van der Waals surface area contributed by atoms with Crippen LogP contribution in [-0.2, 0) is 11.3 Å². The Hall–Kier alpha value is -0.910. The highest BCUT2D eigenvalue weighted by molar-refractivity contribution is 5.20. The van der Waals surface area contributed by atoms with Gasteiger partial charge in [-0.1, -0.05) is 5.16 Å². The molecule has 3 rings (SSSR count). The van der Waals surface area contributed by atoms with Crippen LogP contribution in [0, 0.1) is 19.3 Å². The zero-order valence-electron chi connectivity index (χ0n) is 12.6. The molecule has 0 radical (unpaired) electrons. The van der Waals surface area contributed by atoms with Crippen LogP contribution in [0.3, 0.4) is 0 Å². The zero-order chi connectivity index (χ0) is 14.0. The molecule has 2 aliphatic heterocycles. The number of aromatic nitrogens is 1. The topological polar surface area (TPSA) is 50.5 Å². The van der Waals surface area contributed by atoms with Crippen LogP contribution in [0.2, 0.25) is 0 Å². The summed E-state index contributed by atoms with van der Waals surface area (Å²) in [6.45, 7) is 11.0. The number of nitrogens with zero attached hydrogens (tertiary/aromatic N) is 2. The summed E-state index contributed by atoms with van der Waals surface area (Å²) in [7, 11) is 0. The SMILES string of the molecule is Cc1noc(C)c1CN1CCOCC2(CCCNC2)C1. The second-order valence-corrected chi connectivity index (χ2v) is 6.35. The van der Waals surface area contributed by atoms with Crippen molar-refractivity contribution < 1.29 is 9.26 Å². The van der Waals surface area contributed by atoms with Gasteiger partial charge in [0.1, 0.15) is 5.76 Å². The maximum Gasteiger partial charge on any atom is 0.138 e. The van der Waals surface area contributed by atoms with Crippen LogP contribution in [0.25, 0.3) is 0 Å². The molecule has 5 nitrogen and oxygen atoms in total. The van der Waals surface area contributed by atoms with Crippen molar-refractivity contribution in [2.75, 3.05) is 39.4 Å². The van der Waals surface area contributed by atoms with Crippen LogP contribution in [0.15, 0.2) is 4.52 Å². The Morgan fingerprint density at radius 1 is 1.40 bits per heavy atom. The Morgan fingerprint density at radius 2 is 2.30 bits per heavy atom. The molecular weight excluding hydrogens is 254 g/mol. The molecule has 1 aromatic rings. The van der Waals surface area contributed by atoms with Gasteiger partial charge in [0.15, 0.2) is 0 Å². The van der Waals surface area contributed by atoms with E-state index in [4.69, 9.17) is 9.26 Å². The average Bonchev–Trinajstić information content (AvgIpc) is 2.65. The molecule has 1 spiro atoms. The Morgan fingerprint density at radius 3 is 3.00 bits per heavy atom. The molecule has 2 fully saturated rings. The van der Waals surface area contributed by atoms with E-state index < -0.39 is 0 Å². The number of hydrogen-bond acceptors (Lipinski definition) is 5. The van der Waals surface area contributed by atoms with E-state index in [0.29, 0.717) is 0 Å². The quantitative estimate of drug-likeness (QED) is 0.889. The van der Waals surface area contributed by atoms with Crippen molar-refractivity contribution in [3.63, 3.8) is 0 Å². The molecule has 0 bridgehead atoms. The van der Waals surface area contributed by atoms with Gasteiger partial charge in [0.2, 0.25) is 0 Å². The lowest BCUT2D eigenvalue weighted by Gasteiger charge is -2.38. The second kappa shape index (κ2) is 5.84. The summed E-state index contributed by atoms with van der Waals surface area (Å²) in [4.78, 5) is 2.51. The zero-order valence-corrected chi connectivity index (χ0v) is 12.6. The van der Waals surface area contributed by atoms with E-state index in [0.717, 1.165) is 57.4 Å². The number of hydrogen-bond donors (Lipinski definition) is 1. The Bertz CT molecular complexity index is 432. The number of ether oxygens (including phenoxy) is 1. The van der Waals surface area contributed by atoms with Gasteiger partial charge in [0.25, 0.3) is 0 Å². The van der Waals surface area contributed by atoms with Crippen LogP contribution in [0.1, 0.15) is 29.9 Å². The average molecular weight is 279 g/mol. The fourth-order valence-corrected chi connectivity index (χ4v) is 3.46. The van der Waals surface area contributed by atoms with Gasteiger partial charge in [0.05, 0.1) is 18.9 Å². The monoisotopic (exact) mass is 279 g/mol. The number of piperidine rings is 1. The largest absolute Gasteiger partial charge is 0.379 e. The van der Waals surface area contributed by atoms with Gasteiger partial charge < -0.3 is 14.6 Å². The number of aryl methyl sites for hydroxylation is 2. The minimum absolute atomic E-state index is 0.285. The van der Waals surface area contributed by atoms with Crippen LogP contribution in [-0.4, -0.2) is 49.4 Å². The molecule has 5 heteroatoms. The molecule has 112 valence electrons. The van der Waals surface area contributed by atoms with Crippen molar-refractivity contribution in [2.45, 2.75) is 33.2 Å². The smallest absolute Gasteiger partial charge is 0.138 e. The van der Waals surface area contributed by atoms with Crippen molar-refractivity contribution in [2.24, 2.45) is 5.41 Å². The van der Waals surface area contributed by atoms with E-state index in [1.807, 2.05) is 13.8 Å². The van der Waals surface area contributed by atoms with Crippen molar-refractivity contribution >= 4 is 0 Å². The van der Waals surface area contributed by atoms with E-state index >= 15 is 0 Å². The molecule has 3 heterocycles. The lowest BCUT2D eigenvalue weighted by Crippen LogP contribution is -2.48. The van der Waals surface area contributed by atoms with Gasteiger partial charge in [0, 0.05) is 37.2 Å². The van der Waals surface area contributed by atoms with E-state index in [1.54, 1.807) is 0 Å². The third kappa shape index (κ3) is 2.90. The first kappa shape index (κ1) is 14.0. The predicted octanol–water partition coefficient (Wildman–Crippen LogP) is 1.49. The van der Waals surface area contributed by atoms with Gasteiger partial charge in [-0.15, -0.1) is 0 Å². The lowest BCUT2D eigenvalue weighted by molar-refractivity contribution is 0.0487. The van der Waals surface area contributed by atoms with Crippen molar-refractivity contribution in [1.82, 2.24) is 15.4 Å².